The number of aromatic nitrogens is 2. The second-order valence-corrected chi connectivity index (χ2v) is 3.93. The van der Waals surface area contributed by atoms with Crippen molar-refractivity contribution in [1.82, 2.24) is 15.1 Å². The Kier molecular flexibility index (Phi) is 4.96. The van der Waals surface area contributed by atoms with E-state index in [9.17, 15) is 4.79 Å². The number of amides is 1. The van der Waals surface area contributed by atoms with Crippen molar-refractivity contribution in [3.8, 4) is 5.88 Å². The molecule has 0 spiro atoms. The van der Waals surface area contributed by atoms with Gasteiger partial charge in [-0.3, -0.25) is 4.79 Å². The van der Waals surface area contributed by atoms with E-state index in [1.54, 1.807) is 24.9 Å². The van der Waals surface area contributed by atoms with Crippen LogP contribution in [0.3, 0.4) is 0 Å². The van der Waals surface area contributed by atoms with Crippen molar-refractivity contribution in [1.29, 1.82) is 0 Å². The van der Waals surface area contributed by atoms with Gasteiger partial charge in [-0.1, -0.05) is 6.92 Å². The van der Waals surface area contributed by atoms with Gasteiger partial charge in [0, 0.05) is 19.2 Å². The Morgan fingerprint density at radius 2 is 2.35 bits per heavy atom. The summed E-state index contributed by atoms with van der Waals surface area (Å²) in [5, 5.41) is 9.91. The highest BCUT2D eigenvalue weighted by molar-refractivity contribution is 5.91. The predicted octanol–water partition coefficient (Wildman–Crippen LogP) is 0.755. The molecule has 0 saturated carbocycles. The third-order valence-corrected chi connectivity index (χ3v) is 2.54. The fourth-order valence-electron chi connectivity index (χ4n) is 1.30. The highest BCUT2D eigenvalue weighted by Crippen LogP contribution is 2.14. The molecule has 1 unspecified atom stereocenters. The summed E-state index contributed by atoms with van der Waals surface area (Å²) in [7, 11) is 3.32. The maximum atomic E-state index is 11.6. The van der Waals surface area contributed by atoms with Crippen LogP contribution in [0.25, 0.3) is 0 Å². The van der Waals surface area contributed by atoms with Gasteiger partial charge in [-0.05, 0) is 13.3 Å². The highest BCUT2D eigenvalue weighted by atomic mass is 16.5. The van der Waals surface area contributed by atoms with Gasteiger partial charge in [0.25, 0.3) is 0 Å². The smallest absolute Gasteiger partial charge is 0.239 e. The topological polar surface area (TPSA) is 68.2 Å². The molecule has 1 atom stereocenters. The van der Waals surface area contributed by atoms with Crippen molar-refractivity contribution in [3.05, 3.63) is 6.07 Å². The largest absolute Gasteiger partial charge is 0.481 e. The summed E-state index contributed by atoms with van der Waals surface area (Å²) in [4.78, 5) is 11.6. The van der Waals surface area contributed by atoms with E-state index in [1.165, 1.54) is 0 Å². The van der Waals surface area contributed by atoms with Gasteiger partial charge in [-0.2, -0.15) is 5.10 Å². The van der Waals surface area contributed by atoms with E-state index in [4.69, 9.17) is 4.74 Å². The van der Waals surface area contributed by atoms with Crippen LogP contribution in [-0.4, -0.2) is 35.4 Å². The van der Waals surface area contributed by atoms with E-state index in [-0.39, 0.29) is 12.5 Å². The molecule has 1 aromatic rings. The Balaban J connectivity index is 2.45. The zero-order valence-corrected chi connectivity index (χ0v) is 10.8. The van der Waals surface area contributed by atoms with Crippen molar-refractivity contribution in [2.24, 2.45) is 7.05 Å². The number of ether oxygens (including phenoxy) is 1. The zero-order valence-electron chi connectivity index (χ0n) is 10.8. The summed E-state index contributed by atoms with van der Waals surface area (Å²) >= 11 is 0. The molecule has 0 aromatic carbocycles. The van der Waals surface area contributed by atoms with Crippen molar-refractivity contribution in [2.45, 2.75) is 26.3 Å². The Morgan fingerprint density at radius 1 is 1.65 bits per heavy atom. The van der Waals surface area contributed by atoms with Gasteiger partial charge in [0.1, 0.15) is 0 Å². The van der Waals surface area contributed by atoms with Gasteiger partial charge in [0.05, 0.1) is 13.7 Å². The summed E-state index contributed by atoms with van der Waals surface area (Å²) in [6, 6.07) is 2.01. The fourth-order valence-corrected chi connectivity index (χ4v) is 1.30. The number of rotatable bonds is 6. The Bertz CT molecular complexity index is 376. The van der Waals surface area contributed by atoms with E-state index >= 15 is 0 Å². The summed E-state index contributed by atoms with van der Waals surface area (Å²) in [5.41, 5.74) is 0. The van der Waals surface area contributed by atoms with E-state index < -0.39 is 0 Å². The number of aryl methyl sites for hydroxylation is 1. The molecular formula is C11H20N4O2. The van der Waals surface area contributed by atoms with Crippen molar-refractivity contribution in [2.75, 3.05) is 19.0 Å². The molecule has 1 aromatic heterocycles. The second kappa shape index (κ2) is 6.24. The molecule has 6 heteroatoms. The minimum atomic E-state index is -0.106. The van der Waals surface area contributed by atoms with E-state index in [0.717, 1.165) is 6.42 Å². The second-order valence-electron chi connectivity index (χ2n) is 3.93. The molecule has 0 aliphatic heterocycles. The lowest BCUT2D eigenvalue weighted by molar-refractivity contribution is -0.115. The van der Waals surface area contributed by atoms with Crippen LogP contribution < -0.4 is 15.4 Å². The summed E-state index contributed by atoms with van der Waals surface area (Å²) in [5.74, 6) is 1.00. The van der Waals surface area contributed by atoms with Gasteiger partial charge >= 0.3 is 0 Å². The molecule has 2 N–H and O–H groups in total. The monoisotopic (exact) mass is 240 g/mol. The maximum Gasteiger partial charge on any atom is 0.239 e. The number of anilines is 1. The predicted molar refractivity (Wildman–Crippen MR) is 66.1 cm³/mol. The zero-order chi connectivity index (χ0) is 12.8. The number of hydrogen-bond acceptors (Lipinski definition) is 4. The molecular weight excluding hydrogens is 220 g/mol. The SMILES string of the molecule is CCC(C)NCC(=O)Nc1cc(OC)n(C)n1. The lowest BCUT2D eigenvalue weighted by Gasteiger charge is -2.10. The molecule has 0 saturated heterocycles. The fraction of sp³-hybridized carbons (Fsp3) is 0.636. The van der Waals surface area contributed by atoms with Crippen molar-refractivity contribution in [3.63, 3.8) is 0 Å². The number of carbonyl (C=O) groups excluding carboxylic acids is 1. The molecule has 0 aliphatic rings. The van der Waals surface area contributed by atoms with Gasteiger partial charge in [0.2, 0.25) is 11.8 Å². The third-order valence-electron chi connectivity index (χ3n) is 2.54. The molecule has 1 heterocycles. The van der Waals surface area contributed by atoms with Crippen LogP contribution in [0, 0.1) is 0 Å². The lowest BCUT2D eigenvalue weighted by atomic mass is 10.2. The Labute approximate surface area is 101 Å². The number of nitrogens with zero attached hydrogens (tertiary/aromatic N) is 2. The van der Waals surface area contributed by atoms with Crippen LogP contribution in [0.1, 0.15) is 20.3 Å². The first kappa shape index (κ1) is 13.5. The molecule has 1 amide bonds. The molecule has 0 bridgehead atoms. The summed E-state index contributed by atoms with van der Waals surface area (Å²) in [6.07, 6.45) is 0.991. The molecule has 0 fully saturated rings. The lowest BCUT2D eigenvalue weighted by Crippen LogP contribution is -2.34. The summed E-state index contributed by atoms with van der Waals surface area (Å²) < 4.78 is 6.62. The molecule has 1 rings (SSSR count). The first-order valence-corrected chi connectivity index (χ1v) is 5.68. The van der Waals surface area contributed by atoms with Gasteiger partial charge in [-0.15, -0.1) is 0 Å². The standard InChI is InChI=1S/C11H20N4O2/c1-5-8(2)12-7-10(16)13-9-6-11(17-4)15(3)14-9/h6,8,12H,5,7H2,1-4H3,(H,13,14,16). The molecule has 6 nitrogen and oxygen atoms in total. The minimum Gasteiger partial charge on any atom is -0.481 e. The average molecular weight is 240 g/mol. The van der Waals surface area contributed by atoms with E-state index in [2.05, 4.69) is 22.7 Å². The number of methoxy groups -OCH3 is 1. The maximum absolute atomic E-state index is 11.6. The van der Waals surface area contributed by atoms with Crippen LogP contribution in [0.15, 0.2) is 6.07 Å². The van der Waals surface area contributed by atoms with Crippen LogP contribution >= 0.6 is 0 Å². The first-order chi connectivity index (χ1) is 8.06. The van der Waals surface area contributed by atoms with Crippen molar-refractivity contribution < 1.29 is 9.53 Å². The minimum absolute atomic E-state index is 0.106. The molecule has 96 valence electrons. The number of nitrogens with one attached hydrogen (secondary N) is 2. The van der Waals surface area contributed by atoms with Crippen LogP contribution in [0.4, 0.5) is 5.82 Å². The van der Waals surface area contributed by atoms with Crippen LogP contribution in [0.5, 0.6) is 5.88 Å². The average Bonchev–Trinajstić information content (AvgIpc) is 2.66. The van der Waals surface area contributed by atoms with E-state index in [0.29, 0.717) is 17.7 Å². The third kappa shape index (κ3) is 4.07. The number of hydrogen-bond donors (Lipinski definition) is 2. The summed E-state index contributed by atoms with van der Waals surface area (Å²) in [6.45, 7) is 4.39. The van der Waals surface area contributed by atoms with Gasteiger partial charge in [-0.25, -0.2) is 4.68 Å². The normalized spacial score (nSPS) is 12.2. The van der Waals surface area contributed by atoms with Gasteiger partial charge in [0.15, 0.2) is 5.82 Å². The number of carbonyl (C=O) groups is 1. The Morgan fingerprint density at radius 3 is 2.88 bits per heavy atom. The Hall–Kier alpha value is -1.56. The van der Waals surface area contributed by atoms with Crippen molar-refractivity contribution >= 4 is 11.7 Å². The molecule has 0 radical (unpaired) electrons. The highest BCUT2D eigenvalue weighted by Gasteiger charge is 2.09. The van der Waals surface area contributed by atoms with E-state index in [1.807, 2.05) is 6.92 Å². The van der Waals surface area contributed by atoms with Crippen LogP contribution in [0.2, 0.25) is 0 Å². The van der Waals surface area contributed by atoms with Gasteiger partial charge < -0.3 is 15.4 Å². The van der Waals surface area contributed by atoms with Crippen LogP contribution in [-0.2, 0) is 11.8 Å². The molecule has 17 heavy (non-hydrogen) atoms. The first-order valence-electron chi connectivity index (χ1n) is 5.68. The quantitative estimate of drug-likeness (QED) is 0.770. The molecule has 0 aliphatic carbocycles.